The van der Waals surface area contributed by atoms with Gasteiger partial charge in [0.05, 0.1) is 7.05 Å². The van der Waals surface area contributed by atoms with Gasteiger partial charge in [-0.05, 0) is 31.2 Å². The number of para-hydroxylation sites is 2. The standard InChI is InChI=1S/C17H19N3O.HI/c1-13-7-9-14(10-8-13)21-12-11-20-16-6-4-3-5-15(16)19(2)17(20)18;/h3-10,18H,11-12H2,1-2H3;1H. The molecular weight excluding hydrogens is 389 g/mol. The fourth-order valence-electron chi connectivity index (χ4n) is 2.53. The summed E-state index contributed by atoms with van der Waals surface area (Å²) in [5.41, 5.74) is 9.68. The molecule has 22 heavy (non-hydrogen) atoms. The van der Waals surface area contributed by atoms with E-state index in [9.17, 15) is 0 Å². The fraction of sp³-hybridized carbons (Fsp3) is 0.235. The van der Waals surface area contributed by atoms with Crippen molar-refractivity contribution in [1.29, 1.82) is 0 Å². The van der Waals surface area contributed by atoms with Gasteiger partial charge in [0.15, 0.2) is 0 Å². The molecule has 0 bridgehead atoms. The first kappa shape index (κ1) is 16.6. The molecule has 2 aromatic carbocycles. The third-order valence-corrected chi connectivity index (χ3v) is 3.76. The Hall–Kier alpha value is -1.76. The number of rotatable bonds is 4. The molecule has 0 unspecified atom stereocenters. The van der Waals surface area contributed by atoms with Gasteiger partial charge in [0, 0.05) is 0 Å². The van der Waals surface area contributed by atoms with Crippen LogP contribution in [0.4, 0.5) is 5.95 Å². The number of imidazole rings is 1. The van der Waals surface area contributed by atoms with Crippen LogP contribution in [0.15, 0.2) is 48.5 Å². The van der Waals surface area contributed by atoms with Crippen LogP contribution in [0.3, 0.4) is 0 Å². The molecule has 0 aliphatic rings. The van der Waals surface area contributed by atoms with E-state index in [1.807, 2.05) is 35.9 Å². The van der Waals surface area contributed by atoms with E-state index < -0.39 is 0 Å². The van der Waals surface area contributed by atoms with E-state index >= 15 is 0 Å². The lowest BCUT2D eigenvalue weighted by Gasteiger charge is -2.06. The van der Waals surface area contributed by atoms with Crippen molar-refractivity contribution in [2.75, 3.05) is 12.3 Å². The molecule has 0 atom stereocenters. The minimum Gasteiger partial charge on any atom is -1.00 e. The first-order chi connectivity index (χ1) is 10.2. The van der Waals surface area contributed by atoms with E-state index in [-0.39, 0.29) is 24.0 Å². The van der Waals surface area contributed by atoms with E-state index in [4.69, 9.17) is 10.5 Å². The molecule has 5 heteroatoms. The van der Waals surface area contributed by atoms with Crippen LogP contribution in [-0.4, -0.2) is 11.2 Å². The third kappa shape index (κ3) is 3.19. The Morgan fingerprint density at radius 1 is 1.09 bits per heavy atom. The van der Waals surface area contributed by atoms with Crippen LogP contribution in [0.5, 0.6) is 5.75 Å². The van der Waals surface area contributed by atoms with E-state index in [0.29, 0.717) is 6.61 Å². The molecule has 4 nitrogen and oxygen atoms in total. The van der Waals surface area contributed by atoms with Gasteiger partial charge in [0.2, 0.25) is 0 Å². The highest BCUT2D eigenvalue weighted by Crippen LogP contribution is 2.16. The van der Waals surface area contributed by atoms with Crippen molar-refractivity contribution in [2.24, 2.45) is 7.05 Å². The molecule has 2 N–H and O–H groups in total. The Bertz CT molecular complexity index is 765. The Balaban J connectivity index is 0.00000176. The van der Waals surface area contributed by atoms with Gasteiger partial charge < -0.3 is 28.7 Å². The smallest absolute Gasteiger partial charge is 0.355 e. The largest absolute Gasteiger partial charge is 1.00 e. The highest BCUT2D eigenvalue weighted by atomic mass is 127. The van der Waals surface area contributed by atoms with Gasteiger partial charge in [-0.15, -0.1) is 0 Å². The van der Waals surface area contributed by atoms with Crippen molar-refractivity contribution in [3.63, 3.8) is 0 Å². The van der Waals surface area contributed by atoms with Crippen molar-refractivity contribution < 1.29 is 33.3 Å². The number of halogens is 1. The number of hydrogen-bond acceptors (Lipinski definition) is 2. The number of benzene rings is 2. The zero-order chi connectivity index (χ0) is 14.8. The Labute approximate surface area is 147 Å². The molecular formula is C17H20IN3O. The summed E-state index contributed by atoms with van der Waals surface area (Å²) in [5, 5.41) is 0. The number of fused-ring (bicyclic) bond motifs is 1. The van der Waals surface area contributed by atoms with Crippen LogP contribution in [-0.2, 0) is 13.6 Å². The van der Waals surface area contributed by atoms with Crippen molar-refractivity contribution in [3.05, 3.63) is 54.1 Å². The predicted octanol–water partition coefficient (Wildman–Crippen LogP) is -0.561. The average molecular weight is 409 g/mol. The van der Waals surface area contributed by atoms with Crippen molar-refractivity contribution in [3.8, 4) is 5.75 Å². The third-order valence-electron chi connectivity index (χ3n) is 3.76. The molecule has 0 aliphatic heterocycles. The summed E-state index contributed by atoms with van der Waals surface area (Å²) in [6.45, 7) is 3.38. The second-order valence-corrected chi connectivity index (χ2v) is 5.22. The van der Waals surface area contributed by atoms with Crippen LogP contribution in [0, 0.1) is 6.92 Å². The number of hydrogen-bond donors (Lipinski definition) is 1. The summed E-state index contributed by atoms with van der Waals surface area (Å²) in [5.74, 6) is 1.63. The second kappa shape index (κ2) is 7.00. The number of ether oxygens (including phenoxy) is 1. The maximum Gasteiger partial charge on any atom is 0.355 e. The van der Waals surface area contributed by atoms with Crippen LogP contribution in [0.25, 0.3) is 11.0 Å². The summed E-state index contributed by atoms with van der Waals surface area (Å²) < 4.78 is 9.88. The van der Waals surface area contributed by atoms with E-state index in [0.717, 1.165) is 29.3 Å². The molecule has 116 valence electrons. The number of aryl methyl sites for hydroxylation is 2. The van der Waals surface area contributed by atoms with E-state index in [2.05, 4.69) is 35.8 Å². The van der Waals surface area contributed by atoms with Crippen LogP contribution >= 0.6 is 0 Å². The van der Waals surface area contributed by atoms with Gasteiger partial charge >= 0.3 is 5.95 Å². The molecule has 1 heterocycles. The van der Waals surface area contributed by atoms with E-state index in [1.54, 1.807) is 0 Å². The quantitative estimate of drug-likeness (QED) is 0.464. The van der Waals surface area contributed by atoms with Crippen LogP contribution in [0.2, 0.25) is 0 Å². The zero-order valence-corrected chi connectivity index (χ0v) is 14.9. The molecule has 1 aromatic heterocycles. The minimum atomic E-state index is 0. The summed E-state index contributed by atoms with van der Waals surface area (Å²) in [4.78, 5) is 0. The number of nitrogens with two attached hydrogens (primary N) is 1. The zero-order valence-electron chi connectivity index (χ0n) is 12.8. The topological polar surface area (TPSA) is 44.1 Å². The summed E-state index contributed by atoms with van der Waals surface area (Å²) in [7, 11) is 1.98. The molecule has 0 radical (unpaired) electrons. The normalized spacial score (nSPS) is 10.5. The van der Waals surface area contributed by atoms with Crippen LogP contribution < -0.4 is 39.0 Å². The summed E-state index contributed by atoms with van der Waals surface area (Å²) in [6, 6.07) is 16.3. The Morgan fingerprint density at radius 2 is 1.77 bits per heavy atom. The fourth-order valence-corrected chi connectivity index (χ4v) is 2.53. The maximum absolute atomic E-state index is 6.19. The Kier molecular flexibility index (Phi) is 5.28. The van der Waals surface area contributed by atoms with Gasteiger partial charge in [0.25, 0.3) is 0 Å². The monoisotopic (exact) mass is 409 g/mol. The van der Waals surface area contributed by atoms with Gasteiger partial charge in [-0.2, -0.15) is 0 Å². The Morgan fingerprint density at radius 3 is 2.50 bits per heavy atom. The average Bonchev–Trinajstić information content (AvgIpc) is 2.75. The highest BCUT2D eigenvalue weighted by Gasteiger charge is 2.17. The SMILES string of the molecule is Cc1ccc(OCCn2c(N)[n+](C)c3ccccc32)cc1.[I-]. The van der Waals surface area contributed by atoms with Crippen molar-refractivity contribution in [1.82, 2.24) is 4.57 Å². The van der Waals surface area contributed by atoms with Gasteiger partial charge in [-0.25, -0.2) is 9.13 Å². The highest BCUT2D eigenvalue weighted by molar-refractivity contribution is 5.73. The van der Waals surface area contributed by atoms with Crippen molar-refractivity contribution in [2.45, 2.75) is 13.5 Å². The molecule has 0 saturated heterocycles. The van der Waals surface area contributed by atoms with Crippen molar-refractivity contribution >= 4 is 17.0 Å². The predicted molar refractivity (Wildman–Crippen MR) is 84.2 cm³/mol. The summed E-state index contributed by atoms with van der Waals surface area (Å²) in [6.07, 6.45) is 0. The van der Waals surface area contributed by atoms with E-state index in [1.165, 1.54) is 5.56 Å². The molecule has 0 fully saturated rings. The number of aromatic nitrogens is 2. The molecule has 0 saturated carbocycles. The van der Waals surface area contributed by atoms with Crippen LogP contribution in [0.1, 0.15) is 5.56 Å². The minimum absolute atomic E-state index is 0. The molecule has 0 aliphatic carbocycles. The lowest BCUT2D eigenvalue weighted by Crippen LogP contribution is -3.00. The lowest BCUT2D eigenvalue weighted by molar-refractivity contribution is -0.630. The maximum atomic E-state index is 6.19. The molecule has 3 aromatic rings. The van der Waals surface area contributed by atoms with Gasteiger partial charge in [0.1, 0.15) is 29.9 Å². The lowest BCUT2D eigenvalue weighted by atomic mass is 10.2. The summed E-state index contributed by atoms with van der Waals surface area (Å²) >= 11 is 0. The first-order valence-corrected chi connectivity index (χ1v) is 7.09. The number of nitrogen functional groups attached to an aromatic ring is 1. The number of nitrogens with zero attached hydrogens (tertiary/aromatic N) is 2. The van der Waals surface area contributed by atoms with Gasteiger partial charge in [-0.1, -0.05) is 29.8 Å². The molecule has 0 spiro atoms. The first-order valence-electron chi connectivity index (χ1n) is 7.09. The van der Waals surface area contributed by atoms with Gasteiger partial charge in [-0.3, -0.25) is 5.73 Å². The number of anilines is 1. The molecule has 0 amide bonds. The second-order valence-electron chi connectivity index (χ2n) is 5.22. The molecule has 3 rings (SSSR count).